The van der Waals surface area contributed by atoms with Crippen LogP contribution in [0, 0.1) is 18.6 Å². The molecule has 1 aromatic carbocycles. The van der Waals surface area contributed by atoms with Crippen molar-refractivity contribution in [3.8, 4) is 0 Å². The van der Waals surface area contributed by atoms with Crippen molar-refractivity contribution in [1.82, 2.24) is 9.38 Å². The van der Waals surface area contributed by atoms with Crippen molar-refractivity contribution >= 4 is 38.3 Å². The Kier molecular flexibility index (Phi) is 4.82. The molecule has 0 bridgehead atoms. The van der Waals surface area contributed by atoms with E-state index in [1.807, 2.05) is 0 Å². The second kappa shape index (κ2) is 7.06. The normalized spacial score (nSPS) is 13.7. The molecule has 0 spiro atoms. The number of halogens is 5. The second-order valence-corrected chi connectivity index (χ2v) is 8.52. The lowest BCUT2D eigenvalue weighted by molar-refractivity contribution is -0.147. The summed E-state index contributed by atoms with van der Waals surface area (Å²) in [4.78, 5) is 3.61. The molecule has 170 valence electrons. The predicted octanol–water partition coefficient (Wildman–Crippen LogP) is 3.61. The molecule has 1 atom stereocenters. The van der Waals surface area contributed by atoms with Gasteiger partial charge in [-0.2, -0.15) is 13.2 Å². The Morgan fingerprint density at radius 1 is 1.22 bits per heavy atom. The van der Waals surface area contributed by atoms with Gasteiger partial charge >= 0.3 is 6.18 Å². The summed E-state index contributed by atoms with van der Waals surface area (Å²) in [6.45, 7) is 1.23. The van der Waals surface area contributed by atoms with Gasteiger partial charge in [-0.15, -0.1) is 0 Å². The number of nitrogens with two attached hydrogens (primary N) is 2. The number of aromatic nitrogens is 2. The molecule has 4 rings (SSSR count). The SMILES string of the molecule is Cc1c(C(Nc2nc3ccc(S(N)(=O)=O)cn3c2N)C(F)(F)F)oc2c(F)cc(F)cc12. The average molecular weight is 475 g/mol. The number of nitrogens with zero attached hydrogens (tertiary/aromatic N) is 2. The molecule has 0 fully saturated rings. The molecule has 8 nitrogen and oxygen atoms in total. The summed E-state index contributed by atoms with van der Waals surface area (Å²) in [6.07, 6.45) is -3.95. The molecule has 3 aromatic heterocycles. The van der Waals surface area contributed by atoms with Crippen molar-refractivity contribution in [2.24, 2.45) is 5.14 Å². The van der Waals surface area contributed by atoms with Crippen LogP contribution in [0.4, 0.5) is 33.6 Å². The fraction of sp³-hybridized carbons (Fsp3) is 0.167. The first-order valence-corrected chi connectivity index (χ1v) is 10.3. The van der Waals surface area contributed by atoms with Crippen molar-refractivity contribution in [1.29, 1.82) is 0 Å². The van der Waals surface area contributed by atoms with Crippen LogP contribution in [0.25, 0.3) is 16.6 Å². The molecule has 0 aliphatic rings. The molecule has 0 saturated heterocycles. The number of alkyl halides is 3. The maximum absolute atomic E-state index is 14.0. The molecule has 1 unspecified atom stereocenters. The maximum atomic E-state index is 14.0. The number of furan rings is 1. The number of rotatable bonds is 4. The number of pyridine rings is 1. The van der Waals surface area contributed by atoms with E-state index in [9.17, 15) is 30.4 Å². The molecule has 0 saturated carbocycles. The summed E-state index contributed by atoms with van der Waals surface area (Å²) < 4.78 is 98.6. The van der Waals surface area contributed by atoms with E-state index in [1.54, 1.807) is 0 Å². The third kappa shape index (κ3) is 3.60. The minimum absolute atomic E-state index is 0.0350. The molecule has 4 aromatic rings. The Bertz CT molecular complexity index is 1480. The first-order chi connectivity index (χ1) is 14.8. The van der Waals surface area contributed by atoms with Crippen LogP contribution in [-0.4, -0.2) is 24.0 Å². The molecule has 0 aliphatic carbocycles. The number of nitrogens with one attached hydrogen (secondary N) is 1. The number of nitrogen functional groups attached to an aromatic ring is 1. The molecule has 0 amide bonds. The van der Waals surface area contributed by atoms with Gasteiger partial charge in [-0.05, 0) is 25.1 Å². The highest BCUT2D eigenvalue weighted by molar-refractivity contribution is 7.89. The smallest absolute Gasteiger partial charge is 0.415 e. The average Bonchev–Trinajstić information content (AvgIpc) is 3.15. The molecule has 0 radical (unpaired) electrons. The van der Waals surface area contributed by atoms with E-state index < -0.39 is 51.0 Å². The van der Waals surface area contributed by atoms with E-state index in [0.29, 0.717) is 6.07 Å². The van der Waals surface area contributed by atoms with E-state index in [-0.39, 0.29) is 27.3 Å². The molecule has 3 heterocycles. The summed E-state index contributed by atoms with van der Waals surface area (Å²) in [6, 6.07) is 1.15. The lowest BCUT2D eigenvalue weighted by Gasteiger charge is -2.20. The van der Waals surface area contributed by atoms with Crippen molar-refractivity contribution in [2.75, 3.05) is 11.1 Å². The monoisotopic (exact) mass is 475 g/mol. The molecular formula is C18H14F5N5O3S. The third-order valence-electron chi connectivity index (χ3n) is 4.82. The fourth-order valence-corrected chi connectivity index (χ4v) is 3.80. The van der Waals surface area contributed by atoms with E-state index in [4.69, 9.17) is 15.3 Å². The molecule has 5 N–H and O–H groups in total. The van der Waals surface area contributed by atoms with Gasteiger partial charge in [0.2, 0.25) is 10.0 Å². The van der Waals surface area contributed by atoms with Gasteiger partial charge in [0.15, 0.2) is 29.1 Å². The molecule has 0 aliphatic heterocycles. The van der Waals surface area contributed by atoms with Crippen LogP contribution in [0.3, 0.4) is 0 Å². The van der Waals surface area contributed by atoms with Gasteiger partial charge in [0.1, 0.15) is 17.2 Å². The summed E-state index contributed by atoms with van der Waals surface area (Å²) in [5.74, 6) is -3.62. The Morgan fingerprint density at radius 2 is 1.91 bits per heavy atom. The number of sulfonamides is 1. The highest BCUT2D eigenvalue weighted by atomic mass is 32.2. The Labute approximate surface area is 176 Å². The zero-order valence-corrected chi connectivity index (χ0v) is 16.9. The number of benzene rings is 1. The van der Waals surface area contributed by atoms with Gasteiger partial charge in [0, 0.05) is 23.2 Å². The van der Waals surface area contributed by atoms with Crippen molar-refractivity contribution in [2.45, 2.75) is 24.0 Å². The van der Waals surface area contributed by atoms with Crippen molar-refractivity contribution in [3.05, 3.63) is 53.4 Å². The third-order valence-corrected chi connectivity index (χ3v) is 5.72. The highest BCUT2D eigenvalue weighted by Crippen LogP contribution is 2.41. The van der Waals surface area contributed by atoms with Crippen LogP contribution in [0.2, 0.25) is 0 Å². The second-order valence-electron chi connectivity index (χ2n) is 6.96. The first kappa shape index (κ1) is 21.8. The van der Waals surface area contributed by atoms with Gasteiger partial charge in [0.25, 0.3) is 0 Å². The number of hydrogen-bond acceptors (Lipinski definition) is 6. The zero-order valence-electron chi connectivity index (χ0n) is 16.0. The number of anilines is 2. The lowest BCUT2D eigenvalue weighted by atomic mass is 10.1. The van der Waals surface area contributed by atoms with E-state index in [2.05, 4.69) is 10.3 Å². The van der Waals surface area contributed by atoms with Crippen LogP contribution in [-0.2, 0) is 10.0 Å². The Balaban J connectivity index is 1.84. The van der Waals surface area contributed by atoms with Gasteiger partial charge < -0.3 is 15.5 Å². The summed E-state index contributed by atoms with van der Waals surface area (Å²) >= 11 is 0. The highest BCUT2D eigenvalue weighted by Gasteiger charge is 2.45. The quantitative estimate of drug-likeness (QED) is 0.387. The Hall–Kier alpha value is -3.39. The zero-order chi connectivity index (χ0) is 23.6. The maximum Gasteiger partial charge on any atom is 0.415 e. The van der Waals surface area contributed by atoms with E-state index >= 15 is 0 Å². The summed E-state index contributed by atoms with van der Waals surface area (Å²) in [5, 5.41) is 7.01. The van der Waals surface area contributed by atoms with Gasteiger partial charge in [-0.1, -0.05) is 0 Å². The van der Waals surface area contributed by atoms with E-state index in [1.165, 1.54) is 13.0 Å². The van der Waals surface area contributed by atoms with Crippen LogP contribution < -0.4 is 16.2 Å². The minimum Gasteiger partial charge on any atom is -0.455 e. The van der Waals surface area contributed by atoms with Crippen molar-refractivity contribution < 1.29 is 34.8 Å². The summed E-state index contributed by atoms with van der Waals surface area (Å²) in [5.41, 5.74) is 5.24. The van der Waals surface area contributed by atoms with Gasteiger partial charge in [-0.25, -0.2) is 27.3 Å². The number of fused-ring (bicyclic) bond motifs is 2. The number of imidazole rings is 1. The van der Waals surface area contributed by atoms with Gasteiger partial charge in [0.05, 0.1) is 4.90 Å². The standard InChI is InChI=1S/C18H14F5N5O3S/c1-7-10-4-8(19)5-11(20)14(10)31-13(7)15(18(21,22)23)27-17-16(24)28-6-9(32(25,29)30)2-3-12(28)26-17/h2-6,15,27H,24H2,1H3,(H2,25,29,30). The van der Waals surface area contributed by atoms with E-state index in [0.717, 1.165) is 22.7 Å². The van der Waals surface area contributed by atoms with Crippen molar-refractivity contribution in [3.63, 3.8) is 0 Å². The molecule has 14 heteroatoms. The summed E-state index contributed by atoms with van der Waals surface area (Å²) in [7, 11) is -4.10. The first-order valence-electron chi connectivity index (χ1n) is 8.79. The topological polar surface area (TPSA) is 129 Å². The van der Waals surface area contributed by atoms with Crippen LogP contribution in [0.5, 0.6) is 0 Å². The van der Waals surface area contributed by atoms with Crippen LogP contribution >= 0.6 is 0 Å². The predicted molar refractivity (Wildman–Crippen MR) is 104 cm³/mol. The fourth-order valence-electron chi connectivity index (χ4n) is 3.29. The number of primary sulfonamides is 1. The van der Waals surface area contributed by atoms with Crippen LogP contribution in [0.15, 0.2) is 39.8 Å². The largest absolute Gasteiger partial charge is 0.455 e. The molecular weight excluding hydrogens is 461 g/mol. The molecule has 32 heavy (non-hydrogen) atoms. The minimum atomic E-state index is -4.96. The Morgan fingerprint density at radius 3 is 2.53 bits per heavy atom. The number of hydrogen-bond donors (Lipinski definition) is 3. The van der Waals surface area contributed by atoms with Crippen LogP contribution in [0.1, 0.15) is 17.4 Å². The van der Waals surface area contributed by atoms with Gasteiger partial charge in [-0.3, -0.25) is 4.40 Å². The number of aryl methyl sites for hydroxylation is 1. The lowest BCUT2D eigenvalue weighted by Crippen LogP contribution is -2.28.